The van der Waals surface area contributed by atoms with E-state index in [4.69, 9.17) is 0 Å². The quantitative estimate of drug-likeness (QED) is 0.909. The minimum atomic E-state index is -0.270. The molecule has 4 heteroatoms. The molecule has 1 heterocycles. The highest BCUT2D eigenvalue weighted by molar-refractivity contribution is 6.00. The standard InChI is InChI=1S/C17H22N2O2/c1-16(2)12-13(17(16,3)4)19(15(21)18-14(12)20)10-11-8-6-5-7-9-11/h5-9,12-13H,10H2,1-4H3,(H,18,20,21). The van der Waals surface area contributed by atoms with Crippen LogP contribution in [0.2, 0.25) is 0 Å². The first-order chi connectivity index (χ1) is 9.76. The van der Waals surface area contributed by atoms with Gasteiger partial charge in [-0.05, 0) is 16.4 Å². The summed E-state index contributed by atoms with van der Waals surface area (Å²) in [5, 5.41) is 2.52. The van der Waals surface area contributed by atoms with Gasteiger partial charge in [-0.25, -0.2) is 4.79 Å². The number of urea groups is 1. The predicted molar refractivity (Wildman–Crippen MR) is 80.4 cm³/mol. The molecule has 112 valence electrons. The molecule has 1 saturated carbocycles. The summed E-state index contributed by atoms with van der Waals surface area (Å²) in [6.45, 7) is 9.07. The molecular formula is C17H22N2O2. The largest absolute Gasteiger partial charge is 0.324 e. The summed E-state index contributed by atoms with van der Waals surface area (Å²) in [5.74, 6) is -0.257. The lowest BCUT2D eigenvalue weighted by atomic mass is 9.42. The number of rotatable bonds is 2. The van der Waals surface area contributed by atoms with Gasteiger partial charge in [-0.15, -0.1) is 0 Å². The number of hydrogen-bond acceptors (Lipinski definition) is 2. The van der Waals surface area contributed by atoms with E-state index < -0.39 is 0 Å². The van der Waals surface area contributed by atoms with Crippen LogP contribution >= 0.6 is 0 Å². The van der Waals surface area contributed by atoms with Crippen molar-refractivity contribution in [2.24, 2.45) is 16.7 Å². The molecule has 1 N–H and O–H groups in total. The summed E-state index contributed by atoms with van der Waals surface area (Å²) in [4.78, 5) is 26.3. The third kappa shape index (κ3) is 1.81. The number of imide groups is 1. The van der Waals surface area contributed by atoms with Crippen LogP contribution in [0.1, 0.15) is 33.3 Å². The van der Waals surface area contributed by atoms with E-state index in [0.717, 1.165) is 5.56 Å². The molecule has 1 aliphatic carbocycles. The summed E-state index contributed by atoms with van der Waals surface area (Å²) in [7, 11) is 0. The Labute approximate surface area is 125 Å². The molecule has 3 amide bonds. The first kappa shape index (κ1) is 14.1. The van der Waals surface area contributed by atoms with Gasteiger partial charge < -0.3 is 4.90 Å². The van der Waals surface area contributed by atoms with Crippen LogP contribution in [0.5, 0.6) is 0 Å². The molecular weight excluding hydrogens is 264 g/mol. The molecule has 3 rings (SSSR count). The maximum Gasteiger partial charge on any atom is 0.324 e. The smallest absolute Gasteiger partial charge is 0.316 e. The van der Waals surface area contributed by atoms with Crippen molar-refractivity contribution in [3.05, 3.63) is 35.9 Å². The second-order valence-electron chi connectivity index (χ2n) is 7.27. The Bertz CT molecular complexity index is 592. The third-order valence-corrected chi connectivity index (χ3v) is 5.80. The van der Waals surface area contributed by atoms with Gasteiger partial charge >= 0.3 is 6.03 Å². The van der Waals surface area contributed by atoms with Crippen LogP contribution in [0.4, 0.5) is 4.79 Å². The van der Waals surface area contributed by atoms with Crippen molar-refractivity contribution in [3.63, 3.8) is 0 Å². The molecule has 1 aromatic carbocycles. The molecule has 2 unspecified atom stereocenters. The Morgan fingerprint density at radius 3 is 2.29 bits per heavy atom. The lowest BCUT2D eigenvalue weighted by Crippen LogP contribution is -2.78. The molecule has 21 heavy (non-hydrogen) atoms. The number of carbonyl (C=O) groups excluding carboxylic acids is 2. The lowest BCUT2D eigenvalue weighted by molar-refractivity contribution is -0.191. The minimum absolute atomic E-state index is 0.0334. The molecule has 0 radical (unpaired) electrons. The molecule has 2 aliphatic rings. The van der Waals surface area contributed by atoms with Gasteiger partial charge in [0.05, 0.1) is 12.0 Å². The molecule has 0 spiro atoms. The molecule has 2 fully saturated rings. The number of nitrogens with zero attached hydrogens (tertiary/aromatic N) is 1. The van der Waals surface area contributed by atoms with Crippen molar-refractivity contribution in [1.29, 1.82) is 0 Å². The van der Waals surface area contributed by atoms with Crippen molar-refractivity contribution in [2.45, 2.75) is 40.3 Å². The van der Waals surface area contributed by atoms with Gasteiger partial charge in [-0.2, -0.15) is 0 Å². The van der Waals surface area contributed by atoms with E-state index in [9.17, 15) is 9.59 Å². The number of hydrogen-bond donors (Lipinski definition) is 1. The second kappa shape index (κ2) is 4.33. The van der Waals surface area contributed by atoms with E-state index in [1.807, 2.05) is 35.2 Å². The predicted octanol–water partition coefficient (Wildman–Crippen LogP) is 2.79. The molecule has 0 bridgehead atoms. The van der Waals surface area contributed by atoms with Gasteiger partial charge in [0.15, 0.2) is 0 Å². The van der Waals surface area contributed by atoms with Gasteiger partial charge in [-0.3, -0.25) is 10.1 Å². The summed E-state index contributed by atoms with van der Waals surface area (Å²) < 4.78 is 0. The maximum absolute atomic E-state index is 12.3. The Hall–Kier alpha value is -1.84. The molecule has 1 aliphatic heterocycles. The van der Waals surface area contributed by atoms with E-state index >= 15 is 0 Å². The Morgan fingerprint density at radius 1 is 1.05 bits per heavy atom. The van der Waals surface area contributed by atoms with E-state index in [0.29, 0.717) is 6.54 Å². The normalized spacial score (nSPS) is 29.4. The average molecular weight is 286 g/mol. The van der Waals surface area contributed by atoms with E-state index in [-0.39, 0.29) is 34.7 Å². The number of carbonyl (C=O) groups is 2. The fraction of sp³-hybridized carbons (Fsp3) is 0.529. The van der Waals surface area contributed by atoms with Crippen molar-refractivity contribution in [2.75, 3.05) is 0 Å². The zero-order chi connectivity index (χ0) is 15.4. The maximum atomic E-state index is 12.3. The molecule has 1 aromatic rings. The van der Waals surface area contributed by atoms with E-state index in [2.05, 4.69) is 33.0 Å². The van der Waals surface area contributed by atoms with Crippen LogP contribution in [0.25, 0.3) is 0 Å². The van der Waals surface area contributed by atoms with Crippen LogP contribution in [0.3, 0.4) is 0 Å². The summed E-state index contributed by atoms with van der Waals surface area (Å²) in [6.07, 6.45) is 0. The van der Waals surface area contributed by atoms with Crippen LogP contribution in [0, 0.1) is 16.7 Å². The zero-order valence-corrected chi connectivity index (χ0v) is 13.0. The fourth-order valence-electron chi connectivity index (χ4n) is 3.87. The van der Waals surface area contributed by atoms with Crippen LogP contribution in [0.15, 0.2) is 30.3 Å². The van der Waals surface area contributed by atoms with Crippen LogP contribution < -0.4 is 5.32 Å². The summed E-state index contributed by atoms with van der Waals surface area (Å²) in [6, 6.07) is 9.61. The molecule has 0 aromatic heterocycles. The lowest BCUT2D eigenvalue weighted by Gasteiger charge is -2.67. The Kier molecular flexibility index (Phi) is 2.91. The van der Waals surface area contributed by atoms with E-state index in [1.165, 1.54) is 0 Å². The van der Waals surface area contributed by atoms with E-state index in [1.54, 1.807) is 0 Å². The van der Waals surface area contributed by atoms with Crippen molar-refractivity contribution >= 4 is 11.9 Å². The van der Waals surface area contributed by atoms with Crippen LogP contribution in [-0.4, -0.2) is 22.9 Å². The summed E-state index contributed by atoms with van der Waals surface area (Å²) >= 11 is 0. The Balaban J connectivity index is 1.93. The van der Waals surface area contributed by atoms with Gasteiger partial charge in [0.2, 0.25) is 5.91 Å². The number of benzene rings is 1. The highest BCUT2D eigenvalue weighted by Gasteiger charge is 2.68. The zero-order valence-electron chi connectivity index (χ0n) is 13.0. The second-order valence-corrected chi connectivity index (χ2v) is 7.27. The fourth-order valence-corrected chi connectivity index (χ4v) is 3.87. The van der Waals surface area contributed by atoms with Gasteiger partial charge in [0, 0.05) is 6.54 Å². The van der Waals surface area contributed by atoms with Gasteiger partial charge in [-0.1, -0.05) is 58.0 Å². The minimum Gasteiger partial charge on any atom is -0.316 e. The average Bonchev–Trinajstić information content (AvgIpc) is 2.42. The molecule has 1 saturated heterocycles. The highest BCUT2D eigenvalue weighted by atomic mass is 16.2. The molecule has 2 atom stereocenters. The van der Waals surface area contributed by atoms with Gasteiger partial charge in [0.25, 0.3) is 0 Å². The van der Waals surface area contributed by atoms with Crippen molar-refractivity contribution < 1.29 is 9.59 Å². The molecule has 4 nitrogen and oxygen atoms in total. The first-order valence-electron chi connectivity index (χ1n) is 7.42. The van der Waals surface area contributed by atoms with Crippen LogP contribution in [-0.2, 0) is 11.3 Å². The highest BCUT2D eigenvalue weighted by Crippen LogP contribution is 2.63. The number of amides is 3. The summed E-state index contributed by atoms with van der Waals surface area (Å²) in [5.41, 5.74) is 0.887. The number of nitrogens with one attached hydrogen (secondary N) is 1. The first-order valence-corrected chi connectivity index (χ1v) is 7.42. The van der Waals surface area contributed by atoms with Crippen molar-refractivity contribution in [3.8, 4) is 0 Å². The Morgan fingerprint density at radius 2 is 1.67 bits per heavy atom. The van der Waals surface area contributed by atoms with Crippen molar-refractivity contribution in [1.82, 2.24) is 10.2 Å². The number of fused-ring (bicyclic) bond motifs is 1. The topological polar surface area (TPSA) is 49.4 Å². The van der Waals surface area contributed by atoms with Gasteiger partial charge in [0.1, 0.15) is 0 Å². The SMILES string of the molecule is CC1(C)C2C(=O)NC(=O)N(Cc3ccccc3)C2C1(C)C. The monoisotopic (exact) mass is 286 g/mol. The third-order valence-electron chi connectivity index (χ3n) is 5.80.